The van der Waals surface area contributed by atoms with Crippen LogP contribution in [0.5, 0.6) is 0 Å². The zero-order valence-corrected chi connectivity index (χ0v) is 9.53. The molecule has 0 amide bonds. The predicted molar refractivity (Wildman–Crippen MR) is 58.0 cm³/mol. The quantitative estimate of drug-likeness (QED) is 0.801. The van der Waals surface area contributed by atoms with E-state index >= 15 is 0 Å². The molecule has 84 valence electrons. The summed E-state index contributed by atoms with van der Waals surface area (Å²) >= 11 is 0. The minimum absolute atomic E-state index is 0.372. The normalized spacial score (nSPS) is 25.8. The topological polar surface area (TPSA) is 54.2 Å². The molecule has 1 saturated heterocycles. The molecule has 1 aliphatic heterocycles. The third-order valence-corrected chi connectivity index (χ3v) is 3.08. The summed E-state index contributed by atoms with van der Waals surface area (Å²) in [6.07, 6.45) is 0. The van der Waals surface area contributed by atoms with Gasteiger partial charge in [0, 0.05) is 20.1 Å². The second-order valence-corrected chi connectivity index (χ2v) is 4.19. The summed E-state index contributed by atoms with van der Waals surface area (Å²) in [5, 5.41) is 7.31. The van der Waals surface area contributed by atoms with Crippen LogP contribution in [0.15, 0.2) is 4.52 Å². The summed E-state index contributed by atoms with van der Waals surface area (Å²) in [5.74, 6) is 2.40. The van der Waals surface area contributed by atoms with Crippen LogP contribution in [0.2, 0.25) is 0 Å². The van der Waals surface area contributed by atoms with Crippen molar-refractivity contribution in [2.24, 2.45) is 5.92 Å². The highest BCUT2D eigenvalue weighted by Crippen LogP contribution is 2.27. The van der Waals surface area contributed by atoms with E-state index in [-0.39, 0.29) is 0 Å². The van der Waals surface area contributed by atoms with Crippen LogP contribution in [0.25, 0.3) is 0 Å². The fourth-order valence-electron chi connectivity index (χ4n) is 1.81. The molecule has 15 heavy (non-hydrogen) atoms. The van der Waals surface area contributed by atoms with Crippen molar-refractivity contribution in [3.05, 3.63) is 5.89 Å². The Hall–Kier alpha value is -1.10. The van der Waals surface area contributed by atoms with Gasteiger partial charge in [-0.3, -0.25) is 0 Å². The standard InChI is InChI=1S/C10H18N4O/c1-4-14(3)10-12-9(15-13-10)8-6-11-5-7(8)2/h7-8,11H,4-6H2,1-3H3/t7-,8-/m1/s1. The van der Waals surface area contributed by atoms with E-state index in [2.05, 4.69) is 29.3 Å². The van der Waals surface area contributed by atoms with E-state index in [0.717, 1.165) is 25.5 Å². The zero-order valence-electron chi connectivity index (χ0n) is 9.53. The predicted octanol–water partition coefficient (Wildman–Crippen LogP) is 0.849. The Kier molecular flexibility index (Phi) is 2.90. The molecule has 5 heteroatoms. The molecule has 0 saturated carbocycles. The number of anilines is 1. The van der Waals surface area contributed by atoms with Gasteiger partial charge in [-0.05, 0) is 24.5 Å². The van der Waals surface area contributed by atoms with Gasteiger partial charge in [-0.2, -0.15) is 4.98 Å². The first kappa shape index (κ1) is 10.4. The van der Waals surface area contributed by atoms with E-state index in [1.165, 1.54) is 0 Å². The number of nitrogens with one attached hydrogen (secondary N) is 1. The molecular weight excluding hydrogens is 192 g/mol. The highest BCUT2D eigenvalue weighted by Gasteiger charge is 2.29. The third kappa shape index (κ3) is 1.97. The number of hydrogen-bond acceptors (Lipinski definition) is 5. The van der Waals surface area contributed by atoms with Crippen molar-refractivity contribution in [2.75, 3.05) is 31.6 Å². The van der Waals surface area contributed by atoms with Gasteiger partial charge in [0.2, 0.25) is 5.89 Å². The molecule has 2 rings (SSSR count). The molecule has 0 aliphatic carbocycles. The van der Waals surface area contributed by atoms with Gasteiger partial charge in [0.25, 0.3) is 5.95 Å². The van der Waals surface area contributed by atoms with Crippen LogP contribution in [0, 0.1) is 5.92 Å². The lowest BCUT2D eigenvalue weighted by atomic mass is 9.98. The summed E-state index contributed by atoms with van der Waals surface area (Å²) < 4.78 is 5.30. The Labute approximate surface area is 89.8 Å². The number of rotatable bonds is 3. The lowest BCUT2D eigenvalue weighted by Crippen LogP contribution is -2.17. The molecule has 1 aromatic heterocycles. The highest BCUT2D eigenvalue weighted by atomic mass is 16.5. The highest BCUT2D eigenvalue weighted by molar-refractivity contribution is 5.26. The lowest BCUT2D eigenvalue weighted by Gasteiger charge is -2.10. The number of nitrogens with zero attached hydrogens (tertiary/aromatic N) is 3. The van der Waals surface area contributed by atoms with E-state index in [9.17, 15) is 0 Å². The monoisotopic (exact) mass is 210 g/mol. The van der Waals surface area contributed by atoms with Crippen LogP contribution in [0.4, 0.5) is 5.95 Å². The van der Waals surface area contributed by atoms with Crippen LogP contribution in [0.3, 0.4) is 0 Å². The van der Waals surface area contributed by atoms with Crippen molar-refractivity contribution in [1.29, 1.82) is 0 Å². The average Bonchev–Trinajstić information content (AvgIpc) is 2.84. The lowest BCUT2D eigenvalue weighted by molar-refractivity contribution is 0.339. The van der Waals surface area contributed by atoms with Gasteiger partial charge in [0.15, 0.2) is 0 Å². The Balaban J connectivity index is 2.12. The van der Waals surface area contributed by atoms with Gasteiger partial charge in [0.05, 0.1) is 5.92 Å². The van der Waals surface area contributed by atoms with E-state index in [4.69, 9.17) is 4.52 Å². The summed E-state index contributed by atoms with van der Waals surface area (Å²) in [5.41, 5.74) is 0. The van der Waals surface area contributed by atoms with Crippen molar-refractivity contribution >= 4 is 5.95 Å². The Morgan fingerprint density at radius 3 is 2.93 bits per heavy atom. The Bertz CT molecular complexity index is 325. The first-order valence-electron chi connectivity index (χ1n) is 5.47. The molecule has 2 atom stereocenters. The fraction of sp³-hybridized carbons (Fsp3) is 0.800. The molecule has 5 nitrogen and oxygen atoms in total. The first-order valence-corrected chi connectivity index (χ1v) is 5.47. The van der Waals surface area contributed by atoms with Crippen LogP contribution in [0.1, 0.15) is 25.7 Å². The number of hydrogen-bond donors (Lipinski definition) is 1. The smallest absolute Gasteiger partial charge is 0.265 e. The van der Waals surface area contributed by atoms with Gasteiger partial charge < -0.3 is 14.7 Å². The largest absolute Gasteiger partial charge is 0.342 e. The van der Waals surface area contributed by atoms with Gasteiger partial charge >= 0.3 is 0 Å². The molecule has 1 aromatic rings. The maximum absolute atomic E-state index is 5.30. The summed E-state index contributed by atoms with van der Waals surface area (Å²) in [6.45, 7) is 7.13. The molecule has 1 fully saturated rings. The molecule has 0 bridgehead atoms. The van der Waals surface area contributed by atoms with Crippen molar-refractivity contribution in [3.8, 4) is 0 Å². The molecule has 1 aliphatic rings. The summed E-state index contributed by atoms with van der Waals surface area (Å²) in [7, 11) is 1.96. The van der Waals surface area contributed by atoms with E-state index in [0.29, 0.717) is 17.8 Å². The van der Waals surface area contributed by atoms with Crippen molar-refractivity contribution in [3.63, 3.8) is 0 Å². The summed E-state index contributed by atoms with van der Waals surface area (Å²) in [6, 6.07) is 0. The molecule has 0 aromatic carbocycles. The van der Waals surface area contributed by atoms with Gasteiger partial charge in [-0.1, -0.05) is 6.92 Å². The summed E-state index contributed by atoms with van der Waals surface area (Å²) in [4.78, 5) is 6.39. The molecule has 0 unspecified atom stereocenters. The van der Waals surface area contributed by atoms with Crippen LogP contribution < -0.4 is 10.2 Å². The molecular formula is C10H18N4O. The van der Waals surface area contributed by atoms with Gasteiger partial charge in [-0.25, -0.2) is 0 Å². The second-order valence-electron chi connectivity index (χ2n) is 4.19. The van der Waals surface area contributed by atoms with E-state index < -0.39 is 0 Å². The van der Waals surface area contributed by atoms with Gasteiger partial charge in [-0.15, -0.1) is 0 Å². The Morgan fingerprint density at radius 2 is 2.33 bits per heavy atom. The van der Waals surface area contributed by atoms with Gasteiger partial charge in [0.1, 0.15) is 0 Å². The second kappa shape index (κ2) is 4.18. The van der Waals surface area contributed by atoms with Crippen molar-refractivity contribution in [1.82, 2.24) is 15.5 Å². The Morgan fingerprint density at radius 1 is 1.53 bits per heavy atom. The molecule has 2 heterocycles. The van der Waals surface area contributed by atoms with Crippen LogP contribution in [-0.4, -0.2) is 36.8 Å². The van der Waals surface area contributed by atoms with Crippen molar-refractivity contribution in [2.45, 2.75) is 19.8 Å². The fourth-order valence-corrected chi connectivity index (χ4v) is 1.81. The maximum atomic E-state index is 5.30. The van der Waals surface area contributed by atoms with E-state index in [1.54, 1.807) is 0 Å². The zero-order chi connectivity index (χ0) is 10.8. The SMILES string of the molecule is CCN(C)c1noc([C@@H]2CNC[C@H]2C)n1. The van der Waals surface area contributed by atoms with E-state index in [1.807, 2.05) is 11.9 Å². The average molecular weight is 210 g/mol. The maximum Gasteiger partial charge on any atom is 0.265 e. The third-order valence-electron chi connectivity index (χ3n) is 3.08. The molecule has 0 radical (unpaired) electrons. The van der Waals surface area contributed by atoms with Crippen LogP contribution >= 0.6 is 0 Å². The van der Waals surface area contributed by atoms with Crippen LogP contribution in [-0.2, 0) is 0 Å². The molecule has 1 N–H and O–H groups in total. The minimum atomic E-state index is 0.372. The van der Waals surface area contributed by atoms with Crippen molar-refractivity contribution < 1.29 is 4.52 Å². The minimum Gasteiger partial charge on any atom is -0.342 e. The molecule has 0 spiro atoms. The first-order chi connectivity index (χ1) is 7.22. The number of aromatic nitrogens is 2.